The summed E-state index contributed by atoms with van der Waals surface area (Å²) in [5.74, 6) is 0.635. The number of esters is 1. The van der Waals surface area contributed by atoms with Gasteiger partial charge in [-0.05, 0) is 43.0 Å². The summed E-state index contributed by atoms with van der Waals surface area (Å²) in [6.45, 7) is 0.0533. The molecule has 5 nitrogen and oxygen atoms in total. The van der Waals surface area contributed by atoms with Gasteiger partial charge in [-0.25, -0.2) is 14.0 Å². The maximum atomic E-state index is 13.8. The van der Waals surface area contributed by atoms with E-state index in [1.807, 2.05) is 0 Å². The first kappa shape index (κ1) is 15.9. The van der Waals surface area contributed by atoms with Crippen molar-refractivity contribution >= 4 is 23.2 Å². The molecule has 0 aromatic heterocycles. The van der Waals surface area contributed by atoms with E-state index >= 15 is 0 Å². The van der Waals surface area contributed by atoms with E-state index in [9.17, 15) is 14.0 Å². The highest BCUT2D eigenvalue weighted by molar-refractivity contribution is 6.06. The highest BCUT2D eigenvalue weighted by Gasteiger charge is 2.23. The van der Waals surface area contributed by atoms with E-state index in [2.05, 4.69) is 10.1 Å². The minimum absolute atomic E-state index is 0.0533. The summed E-state index contributed by atoms with van der Waals surface area (Å²) in [7, 11) is 1.23. The quantitative estimate of drug-likeness (QED) is 0.493. The van der Waals surface area contributed by atoms with E-state index in [1.165, 1.54) is 25.3 Å². The van der Waals surface area contributed by atoms with Crippen LogP contribution in [-0.4, -0.2) is 30.7 Å². The number of carbonyl (C=O) groups is 1. The zero-order valence-corrected chi connectivity index (χ0v) is 12.1. The number of rotatable bonds is 5. The predicted molar refractivity (Wildman–Crippen MR) is 79.2 cm³/mol. The van der Waals surface area contributed by atoms with Crippen LogP contribution in [0.5, 0.6) is 0 Å². The van der Waals surface area contributed by atoms with Crippen LogP contribution in [0.3, 0.4) is 0 Å². The minimum Gasteiger partial charge on any atom is -0.464 e. The van der Waals surface area contributed by atoms with Crippen LogP contribution in [0, 0.1) is 5.82 Å². The Kier molecular flexibility index (Phi) is 5.09. The molecule has 6 heteroatoms. The van der Waals surface area contributed by atoms with Crippen molar-refractivity contribution in [3.8, 4) is 0 Å². The van der Waals surface area contributed by atoms with Crippen LogP contribution in [0.25, 0.3) is 5.57 Å². The van der Waals surface area contributed by atoms with Crippen LogP contribution in [0.4, 0.5) is 10.1 Å². The second-order valence-electron chi connectivity index (χ2n) is 4.86. The predicted octanol–water partition coefficient (Wildman–Crippen LogP) is 1.84. The zero-order chi connectivity index (χ0) is 16.1. The molecule has 0 fully saturated rings. The summed E-state index contributed by atoms with van der Waals surface area (Å²) in [5, 5.41) is 11.7. The van der Waals surface area contributed by atoms with E-state index in [-0.39, 0.29) is 17.9 Å². The second-order valence-corrected chi connectivity index (χ2v) is 4.86. The first-order valence-corrected chi connectivity index (χ1v) is 6.86. The van der Waals surface area contributed by atoms with Gasteiger partial charge in [-0.2, -0.15) is 0 Å². The summed E-state index contributed by atoms with van der Waals surface area (Å²) in [6.07, 6.45) is 3.04. The summed E-state index contributed by atoms with van der Waals surface area (Å²) in [6, 6.07) is 2.58. The topological polar surface area (TPSA) is 75.6 Å². The summed E-state index contributed by atoms with van der Waals surface area (Å²) in [4.78, 5) is 22.8. The van der Waals surface area contributed by atoms with E-state index < -0.39 is 11.8 Å². The number of allylic oxidation sites excluding steroid dienone is 2. The Balaban J connectivity index is 2.46. The van der Waals surface area contributed by atoms with Gasteiger partial charge in [0.1, 0.15) is 17.5 Å². The number of hydrogen-bond acceptors (Lipinski definition) is 5. The molecule has 2 rings (SSSR count). The van der Waals surface area contributed by atoms with Gasteiger partial charge in [-0.3, -0.25) is 0 Å². The van der Waals surface area contributed by atoms with Gasteiger partial charge in [0, 0.05) is 12.2 Å². The molecule has 1 aliphatic rings. The van der Waals surface area contributed by atoms with E-state index in [1.54, 1.807) is 5.94 Å². The number of aliphatic hydroxyl groups is 1. The Hall–Kier alpha value is -2.43. The molecule has 0 unspecified atom stereocenters. The maximum Gasteiger partial charge on any atom is 0.354 e. The van der Waals surface area contributed by atoms with Gasteiger partial charge < -0.3 is 15.2 Å². The molecule has 0 radical (unpaired) electrons. The van der Waals surface area contributed by atoms with Crippen LogP contribution >= 0.6 is 0 Å². The lowest BCUT2D eigenvalue weighted by atomic mass is 9.94. The van der Waals surface area contributed by atoms with Crippen LogP contribution in [-0.2, 0) is 20.7 Å². The third kappa shape index (κ3) is 3.24. The van der Waals surface area contributed by atoms with Gasteiger partial charge in [-0.15, -0.1) is 0 Å². The number of aliphatic hydroxyl groups excluding tert-OH is 1. The summed E-state index contributed by atoms with van der Waals surface area (Å²) >= 11 is 0. The number of halogens is 1. The average Bonchev–Trinajstić information content (AvgIpc) is 2.53. The number of methoxy groups -OCH3 is 1. The summed E-state index contributed by atoms with van der Waals surface area (Å²) in [5.41, 5.74) is 1.69. The molecule has 0 atom stereocenters. The molecule has 1 aromatic rings. The molecule has 0 saturated carbocycles. The Labute approximate surface area is 127 Å². The van der Waals surface area contributed by atoms with Gasteiger partial charge in [-0.1, -0.05) is 0 Å². The van der Waals surface area contributed by atoms with E-state index in [4.69, 9.17) is 5.11 Å². The SMILES string of the molecule is COC(=O)C1=CC(=C=O)c2cc(F)cc(CCCCO)c2N1. The number of fused-ring (bicyclic) bond motifs is 1. The third-order valence-electron chi connectivity index (χ3n) is 3.39. The molecule has 0 spiro atoms. The fourth-order valence-electron chi connectivity index (χ4n) is 2.34. The van der Waals surface area contributed by atoms with Crippen molar-refractivity contribution in [3.63, 3.8) is 0 Å². The van der Waals surface area contributed by atoms with Crippen molar-refractivity contribution < 1.29 is 23.8 Å². The molecule has 0 saturated heterocycles. The van der Waals surface area contributed by atoms with Crippen molar-refractivity contribution in [1.82, 2.24) is 0 Å². The molecule has 2 N–H and O–H groups in total. The third-order valence-corrected chi connectivity index (χ3v) is 3.39. The number of aryl methyl sites for hydroxylation is 1. The van der Waals surface area contributed by atoms with Crippen LogP contribution < -0.4 is 5.32 Å². The average molecular weight is 305 g/mol. The molecular formula is C16H16FNO4. The van der Waals surface area contributed by atoms with Crippen molar-refractivity contribution in [3.05, 3.63) is 40.8 Å². The lowest BCUT2D eigenvalue weighted by Crippen LogP contribution is -2.18. The highest BCUT2D eigenvalue weighted by Crippen LogP contribution is 2.34. The lowest BCUT2D eigenvalue weighted by molar-refractivity contribution is -0.135. The monoisotopic (exact) mass is 305 g/mol. The Morgan fingerprint density at radius 3 is 2.82 bits per heavy atom. The molecule has 0 amide bonds. The first-order valence-electron chi connectivity index (χ1n) is 6.86. The number of hydrogen-bond donors (Lipinski definition) is 2. The van der Waals surface area contributed by atoms with Gasteiger partial charge in [0.15, 0.2) is 0 Å². The second kappa shape index (κ2) is 7.02. The highest BCUT2D eigenvalue weighted by atomic mass is 19.1. The Morgan fingerprint density at radius 2 is 2.18 bits per heavy atom. The van der Waals surface area contributed by atoms with E-state index in [0.717, 1.165) is 0 Å². The first-order chi connectivity index (χ1) is 10.6. The van der Waals surface area contributed by atoms with Crippen LogP contribution in [0.15, 0.2) is 23.9 Å². The number of ether oxygens (including phenoxy) is 1. The number of anilines is 1. The smallest absolute Gasteiger partial charge is 0.354 e. The van der Waals surface area contributed by atoms with Crippen molar-refractivity contribution in [2.45, 2.75) is 19.3 Å². The number of benzene rings is 1. The fourth-order valence-corrected chi connectivity index (χ4v) is 2.34. The van der Waals surface area contributed by atoms with Gasteiger partial charge >= 0.3 is 5.97 Å². The number of carbonyl (C=O) groups excluding carboxylic acids is 2. The van der Waals surface area contributed by atoms with Gasteiger partial charge in [0.2, 0.25) is 0 Å². The van der Waals surface area contributed by atoms with Crippen molar-refractivity contribution in [1.29, 1.82) is 0 Å². The lowest BCUT2D eigenvalue weighted by Gasteiger charge is -2.21. The number of nitrogens with one attached hydrogen (secondary N) is 1. The standard InChI is InChI=1S/C16H16FNO4/c1-22-16(21)14-7-11(9-20)13-8-12(17)6-10(15(13)18-14)4-2-3-5-19/h6-8,18-19H,2-5H2,1H3. The van der Waals surface area contributed by atoms with E-state index in [0.29, 0.717) is 36.1 Å². The normalized spacial score (nSPS) is 12.9. The molecule has 1 aromatic carbocycles. The minimum atomic E-state index is -0.621. The molecule has 0 aliphatic carbocycles. The van der Waals surface area contributed by atoms with Crippen molar-refractivity contribution in [2.24, 2.45) is 0 Å². The maximum absolute atomic E-state index is 13.8. The molecule has 22 heavy (non-hydrogen) atoms. The molecule has 1 aliphatic heterocycles. The summed E-state index contributed by atoms with van der Waals surface area (Å²) < 4.78 is 18.4. The Morgan fingerprint density at radius 1 is 1.41 bits per heavy atom. The molecule has 1 heterocycles. The molecule has 0 bridgehead atoms. The fraction of sp³-hybridized carbons (Fsp3) is 0.312. The molecular weight excluding hydrogens is 289 g/mol. The number of unbranched alkanes of at least 4 members (excludes halogenated alkanes) is 1. The van der Waals surface area contributed by atoms with Crippen molar-refractivity contribution in [2.75, 3.05) is 19.0 Å². The van der Waals surface area contributed by atoms with Crippen LogP contribution in [0.1, 0.15) is 24.0 Å². The zero-order valence-electron chi connectivity index (χ0n) is 12.1. The molecule has 116 valence electrons. The van der Waals surface area contributed by atoms with Gasteiger partial charge in [0.05, 0.1) is 18.4 Å². The Bertz CT molecular complexity index is 675. The van der Waals surface area contributed by atoms with Gasteiger partial charge in [0.25, 0.3) is 0 Å². The largest absolute Gasteiger partial charge is 0.464 e. The van der Waals surface area contributed by atoms with Crippen LogP contribution in [0.2, 0.25) is 0 Å².